The highest BCUT2D eigenvalue weighted by molar-refractivity contribution is 8.04. The van der Waals surface area contributed by atoms with Gasteiger partial charge in [-0.1, -0.05) is 30.6 Å². The number of nitrogens with zero attached hydrogens (tertiary/aromatic N) is 3. The summed E-state index contributed by atoms with van der Waals surface area (Å²) in [5, 5.41) is 4.06. The monoisotopic (exact) mass is 602 g/mol. The number of pyridine rings is 1. The van der Waals surface area contributed by atoms with E-state index >= 15 is 0 Å². The molecule has 210 valence electrons. The zero-order chi connectivity index (χ0) is 28.1. The van der Waals surface area contributed by atoms with E-state index in [2.05, 4.69) is 10.3 Å². The van der Waals surface area contributed by atoms with Crippen LogP contribution in [0.3, 0.4) is 0 Å². The predicted octanol–water partition coefficient (Wildman–Crippen LogP) is 3.17. The lowest BCUT2D eigenvalue weighted by atomic mass is 9.80. The van der Waals surface area contributed by atoms with E-state index in [1.165, 1.54) is 45.9 Å². The highest BCUT2D eigenvalue weighted by Gasteiger charge is 2.57. The van der Waals surface area contributed by atoms with Gasteiger partial charge in [0, 0.05) is 34.4 Å². The van der Waals surface area contributed by atoms with Crippen molar-refractivity contribution in [2.24, 2.45) is 0 Å². The van der Waals surface area contributed by atoms with Crippen molar-refractivity contribution in [1.82, 2.24) is 19.5 Å². The molecule has 1 aliphatic carbocycles. The predicted molar refractivity (Wildman–Crippen MR) is 148 cm³/mol. The van der Waals surface area contributed by atoms with Gasteiger partial charge in [-0.15, -0.1) is 11.3 Å². The van der Waals surface area contributed by atoms with E-state index in [9.17, 15) is 27.6 Å². The third kappa shape index (κ3) is 4.62. The molecule has 2 aliphatic heterocycles. The average molecular weight is 603 g/mol. The smallest absolute Gasteiger partial charge is 0.399 e. The summed E-state index contributed by atoms with van der Waals surface area (Å²) in [6.07, 6.45) is 5.11. The normalized spacial score (nSPS) is 22.8. The number of ketones is 1. The molecule has 5 heterocycles. The van der Waals surface area contributed by atoms with Crippen LogP contribution in [0.15, 0.2) is 42.0 Å². The van der Waals surface area contributed by atoms with Crippen LogP contribution in [-0.2, 0) is 19.6 Å². The molecule has 2 atom stereocenters. The van der Waals surface area contributed by atoms with Gasteiger partial charge in [0.25, 0.3) is 15.1 Å². The van der Waals surface area contributed by atoms with E-state index < -0.39 is 57.1 Å². The molecule has 1 saturated carbocycles. The van der Waals surface area contributed by atoms with Gasteiger partial charge in [0.1, 0.15) is 11.6 Å². The molecule has 3 fully saturated rings. The fourth-order valence-electron chi connectivity index (χ4n) is 5.99. The molecule has 3 aliphatic rings. The second kappa shape index (κ2) is 10.3. The van der Waals surface area contributed by atoms with Crippen molar-refractivity contribution in [3.8, 4) is 5.06 Å². The van der Waals surface area contributed by atoms with Crippen molar-refractivity contribution in [2.45, 2.75) is 56.1 Å². The number of ether oxygens (including phenoxy) is 1. The number of nitrogens with one attached hydrogen (secondary N) is 1. The van der Waals surface area contributed by atoms with Crippen molar-refractivity contribution >= 4 is 65.0 Å². The van der Waals surface area contributed by atoms with Crippen molar-refractivity contribution in [3.05, 3.63) is 47.6 Å². The molecule has 2 unspecified atom stereocenters. The van der Waals surface area contributed by atoms with Crippen LogP contribution in [0.5, 0.6) is 5.06 Å². The molecule has 0 radical (unpaired) electrons. The number of hydrogen-bond acceptors (Lipinski definition) is 10. The summed E-state index contributed by atoms with van der Waals surface area (Å²) in [4.78, 5) is 58.3. The second-order valence-corrected chi connectivity index (χ2v) is 14.0. The maximum absolute atomic E-state index is 14.1. The lowest BCUT2D eigenvalue weighted by molar-refractivity contribution is -0.143. The summed E-state index contributed by atoms with van der Waals surface area (Å²) in [6, 6.07) is 4.66. The Kier molecular flexibility index (Phi) is 6.97. The summed E-state index contributed by atoms with van der Waals surface area (Å²) in [6.45, 7) is -0.363. The zero-order valence-electron chi connectivity index (χ0n) is 21.3. The number of carbonyl (C=O) groups is 4. The van der Waals surface area contributed by atoms with E-state index in [1.807, 2.05) is 11.4 Å². The summed E-state index contributed by atoms with van der Waals surface area (Å²) in [7, 11) is -4.52. The summed E-state index contributed by atoms with van der Waals surface area (Å²) in [5.41, 5.74) is -1.37. The number of carbonyl (C=O) groups excluding carboxylic acids is 4. The Balaban J connectivity index is 1.21. The Morgan fingerprint density at radius 1 is 1.12 bits per heavy atom. The van der Waals surface area contributed by atoms with Crippen LogP contribution in [0.25, 0.3) is 9.40 Å². The number of likely N-dealkylation sites (tertiary alicyclic amines) is 1. The average Bonchev–Trinajstić information content (AvgIpc) is 3.71. The first-order valence-corrected chi connectivity index (χ1v) is 16.1. The Labute approximate surface area is 238 Å². The number of thiophene rings is 2. The van der Waals surface area contributed by atoms with E-state index in [-0.39, 0.29) is 18.5 Å². The van der Waals surface area contributed by atoms with Crippen LogP contribution in [0.2, 0.25) is 0 Å². The molecular weight excluding hydrogens is 577 g/mol. The van der Waals surface area contributed by atoms with Gasteiger partial charge < -0.3 is 15.0 Å². The van der Waals surface area contributed by atoms with Gasteiger partial charge in [0.2, 0.25) is 5.91 Å². The number of rotatable bonds is 5. The standard InChI is InChI=1S/C26H26N4O7S3/c31-18-15-30(40(35,36)23(32)16-5-4-10-27-14-16)17-6-11-29(22(17)18)24(33)26(8-2-1-3-9-26)28-25(34)37-21-13-20-19(39-21)7-12-38-20/h4-5,7,10,12-14,17,22H,1-3,6,8-9,11,15H2,(H,28,34). The molecule has 40 heavy (non-hydrogen) atoms. The highest BCUT2D eigenvalue weighted by atomic mass is 32.2. The van der Waals surface area contributed by atoms with Crippen LogP contribution in [0.1, 0.15) is 48.9 Å². The van der Waals surface area contributed by atoms with Crippen molar-refractivity contribution in [2.75, 3.05) is 13.1 Å². The number of sulfonamides is 1. The highest BCUT2D eigenvalue weighted by Crippen LogP contribution is 2.38. The van der Waals surface area contributed by atoms with Crippen LogP contribution in [-0.4, -0.2) is 76.2 Å². The van der Waals surface area contributed by atoms with E-state index in [0.29, 0.717) is 30.7 Å². The summed E-state index contributed by atoms with van der Waals surface area (Å²) < 4.78 is 35.0. The minimum absolute atomic E-state index is 0.0983. The maximum atomic E-state index is 14.1. The Morgan fingerprint density at radius 3 is 2.65 bits per heavy atom. The molecule has 14 heteroatoms. The number of aromatic nitrogens is 1. The third-order valence-corrected chi connectivity index (χ3v) is 11.5. The summed E-state index contributed by atoms with van der Waals surface area (Å²) >= 11 is 2.87. The molecule has 2 amide bonds. The quantitative estimate of drug-likeness (QED) is 0.469. The lowest BCUT2D eigenvalue weighted by Crippen LogP contribution is -2.62. The Hall–Kier alpha value is -3.20. The first kappa shape index (κ1) is 27.0. The van der Waals surface area contributed by atoms with Gasteiger partial charge in [0.05, 0.1) is 18.2 Å². The molecule has 0 bridgehead atoms. The zero-order valence-corrected chi connectivity index (χ0v) is 23.7. The van der Waals surface area contributed by atoms with Gasteiger partial charge in [0.15, 0.2) is 10.8 Å². The summed E-state index contributed by atoms with van der Waals surface area (Å²) in [5.74, 6) is -0.874. The van der Waals surface area contributed by atoms with Crippen molar-refractivity contribution in [3.63, 3.8) is 0 Å². The topological polar surface area (TPSA) is 143 Å². The number of hydrogen-bond donors (Lipinski definition) is 1. The van der Waals surface area contributed by atoms with Crippen molar-refractivity contribution < 1.29 is 32.3 Å². The van der Waals surface area contributed by atoms with Gasteiger partial charge in [-0.3, -0.25) is 19.4 Å². The molecule has 3 aromatic rings. The largest absolute Gasteiger partial charge is 0.414 e. The molecular formula is C26H26N4O7S3. The fourth-order valence-corrected chi connectivity index (χ4v) is 9.44. The van der Waals surface area contributed by atoms with Gasteiger partial charge in [-0.2, -0.15) is 4.31 Å². The Morgan fingerprint density at radius 2 is 1.93 bits per heavy atom. The van der Waals surface area contributed by atoms with Crippen molar-refractivity contribution in [1.29, 1.82) is 0 Å². The lowest BCUT2D eigenvalue weighted by Gasteiger charge is -2.40. The minimum atomic E-state index is -4.52. The number of fused-ring (bicyclic) bond motifs is 2. The van der Waals surface area contributed by atoms with E-state index in [1.54, 1.807) is 6.07 Å². The van der Waals surface area contributed by atoms with E-state index in [4.69, 9.17) is 4.74 Å². The molecule has 2 saturated heterocycles. The van der Waals surface area contributed by atoms with E-state index in [0.717, 1.165) is 26.3 Å². The molecule has 3 aromatic heterocycles. The van der Waals surface area contributed by atoms with Gasteiger partial charge >= 0.3 is 6.09 Å². The Bertz CT molecular complexity index is 1570. The maximum Gasteiger partial charge on any atom is 0.414 e. The van der Waals surface area contributed by atoms with Gasteiger partial charge in [-0.05, 0) is 42.8 Å². The number of amides is 2. The number of Topliss-reactive ketones (excluding diaryl/α,β-unsaturated/α-hetero) is 1. The first-order chi connectivity index (χ1) is 19.2. The second-order valence-electron chi connectivity index (χ2n) is 10.2. The van der Waals surface area contributed by atoms with Crippen LogP contribution >= 0.6 is 22.7 Å². The molecule has 1 N–H and O–H groups in total. The third-order valence-electron chi connectivity index (χ3n) is 7.85. The SMILES string of the molecule is O=C(NC1(C(=O)N2CCC3C2C(=O)CN3S(=O)(=O)C(=O)c2cccnc2)CCCCC1)Oc1cc2sccc2s1. The molecule has 11 nitrogen and oxygen atoms in total. The first-order valence-electron chi connectivity index (χ1n) is 13.0. The van der Waals surface area contributed by atoms with Crippen LogP contribution < -0.4 is 10.1 Å². The fraction of sp³-hybridized carbons (Fsp3) is 0.423. The van der Waals surface area contributed by atoms with Crippen LogP contribution in [0, 0.1) is 0 Å². The van der Waals surface area contributed by atoms with Gasteiger partial charge in [-0.25, -0.2) is 13.2 Å². The molecule has 0 spiro atoms. The van der Waals surface area contributed by atoms with Crippen LogP contribution in [0.4, 0.5) is 4.79 Å². The molecule has 6 rings (SSSR count). The minimum Gasteiger partial charge on any atom is -0.399 e. The molecule has 0 aromatic carbocycles.